The number of hydrogen-bond acceptors (Lipinski definition) is 8. The average Bonchev–Trinajstić information content (AvgIpc) is 3.33. The fourth-order valence-corrected chi connectivity index (χ4v) is 4.68. The molecule has 10 heteroatoms. The van der Waals surface area contributed by atoms with E-state index in [-0.39, 0.29) is 11.7 Å². The number of nitrogens with zero attached hydrogens (tertiary/aromatic N) is 7. The highest BCUT2D eigenvalue weighted by Crippen LogP contribution is 2.26. The van der Waals surface area contributed by atoms with Gasteiger partial charge in [0.25, 0.3) is 5.56 Å². The maximum atomic E-state index is 13.0. The Morgan fingerprint density at radius 1 is 1.18 bits per heavy atom. The lowest BCUT2D eigenvalue weighted by atomic mass is 9.85. The number of hydrogen-bond donors (Lipinski definition) is 1. The first kappa shape index (κ1) is 22.5. The minimum Gasteiger partial charge on any atom is -0.495 e. The molecule has 0 spiro atoms. The topological polar surface area (TPSA) is 103 Å². The maximum Gasteiger partial charge on any atom is 0.254 e. The molecule has 1 N–H and O–H groups in total. The summed E-state index contributed by atoms with van der Waals surface area (Å²) >= 11 is 0. The van der Waals surface area contributed by atoms with Crippen LogP contribution < -0.4 is 20.5 Å². The Hall–Kier alpha value is -3.27. The van der Waals surface area contributed by atoms with Crippen molar-refractivity contribution in [2.24, 2.45) is 5.92 Å². The Morgan fingerprint density at radius 2 is 2.06 bits per heavy atom. The number of anilines is 1. The summed E-state index contributed by atoms with van der Waals surface area (Å²) in [4.78, 5) is 15.3. The van der Waals surface area contributed by atoms with Gasteiger partial charge in [-0.05, 0) is 51.1 Å². The van der Waals surface area contributed by atoms with Crippen LogP contribution in [0, 0.1) is 5.92 Å². The Morgan fingerprint density at radius 3 is 2.82 bits per heavy atom. The van der Waals surface area contributed by atoms with Crippen molar-refractivity contribution >= 4 is 5.69 Å². The van der Waals surface area contributed by atoms with Crippen LogP contribution in [-0.4, -0.2) is 62.5 Å². The molecule has 3 aromatic rings. The average molecular weight is 465 g/mol. The molecule has 34 heavy (non-hydrogen) atoms. The lowest BCUT2D eigenvalue weighted by Crippen LogP contribution is -2.47. The SMILES string of the molecule is COc1cnnc(-c2cn(C(C)n3ccc(N4CCC[C@@H](NCC5CCC5)C4)cc3=O)nn2)c1. The predicted molar refractivity (Wildman–Crippen MR) is 129 cm³/mol. The first-order valence-electron chi connectivity index (χ1n) is 12.1. The third kappa shape index (κ3) is 4.82. The van der Waals surface area contributed by atoms with Crippen molar-refractivity contribution in [2.75, 3.05) is 31.6 Å². The summed E-state index contributed by atoms with van der Waals surface area (Å²) in [5.41, 5.74) is 2.05. The molecule has 2 atom stereocenters. The summed E-state index contributed by atoms with van der Waals surface area (Å²) in [6.07, 6.45) is 11.2. The van der Waals surface area contributed by atoms with Gasteiger partial charge in [0.2, 0.25) is 0 Å². The van der Waals surface area contributed by atoms with Gasteiger partial charge in [0.05, 0.1) is 19.5 Å². The third-order valence-electron chi connectivity index (χ3n) is 7.06. The molecular weight excluding hydrogens is 432 g/mol. The second-order valence-corrected chi connectivity index (χ2v) is 9.32. The molecule has 1 aliphatic heterocycles. The fourth-order valence-electron chi connectivity index (χ4n) is 4.68. The summed E-state index contributed by atoms with van der Waals surface area (Å²) in [7, 11) is 1.58. The number of aromatic nitrogens is 6. The minimum atomic E-state index is -0.334. The van der Waals surface area contributed by atoms with Crippen molar-refractivity contribution in [2.45, 2.75) is 51.2 Å². The van der Waals surface area contributed by atoms with Crippen LogP contribution in [-0.2, 0) is 0 Å². The van der Waals surface area contributed by atoms with Gasteiger partial charge in [-0.15, -0.1) is 10.2 Å². The Bertz CT molecular complexity index is 1170. The highest BCUT2D eigenvalue weighted by molar-refractivity contribution is 5.53. The van der Waals surface area contributed by atoms with Gasteiger partial charge in [-0.3, -0.25) is 9.36 Å². The van der Waals surface area contributed by atoms with E-state index < -0.39 is 0 Å². The minimum absolute atomic E-state index is 0.0622. The number of pyridine rings is 1. The zero-order chi connectivity index (χ0) is 23.5. The molecule has 3 aromatic heterocycles. The second-order valence-electron chi connectivity index (χ2n) is 9.32. The maximum absolute atomic E-state index is 13.0. The molecule has 5 rings (SSSR count). The van der Waals surface area contributed by atoms with Gasteiger partial charge >= 0.3 is 0 Å². The lowest BCUT2D eigenvalue weighted by molar-refractivity contribution is 0.280. The normalized spacial score (nSPS) is 19.6. The Kier molecular flexibility index (Phi) is 6.57. The molecule has 1 saturated heterocycles. The van der Waals surface area contributed by atoms with Crippen LogP contribution in [0.5, 0.6) is 5.75 Å². The molecule has 0 bridgehead atoms. The first-order chi connectivity index (χ1) is 16.6. The van der Waals surface area contributed by atoms with Crippen LogP contribution in [0.4, 0.5) is 5.69 Å². The molecule has 4 heterocycles. The van der Waals surface area contributed by atoms with Crippen LogP contribution in [0.25, 0.3) is 11.4 Å². The number of nitrogens with one attached hydrogen (secondary N) is 1. The Labute approximate surface area is 198 Å². The monoisotopic (exact) mass is 464 g/mol. The molecule has 0 aromatic carbocycles. The largest absolute Gasteiger partial charge is 0.495 e. The first-order valence-corrected chi connectivity index (χ1v) is 12.1. The van der Waals surface area contributed by atoms with Crippen molar-refractivity contribution in [3.8, 4) is 17.1 Å². The molecule has 1 unspecified atom stereocenters. The van der Waals surface area contributed by atoms with E-state index in [1.807, 2.05) is 19.2 Å². The number of methoxy groups -OCH3 is 1. The lowest BCUT2D eigenvalue weighted by Gasteiger charge is -2.36. The van der Waals surface area contributed by atoms with Crippen molar-refractivity contribution in [3.05, 3.63) is 47.1 Å². The van der Waals surface area contributed by atoms with E-state index in [0.717, 1.165) is 37.7 Å². The van der Waals surface area contributed by atoms with Gasteiger partial charge in [0.15, 0.2) is 0 Å². The van der Waals surface area contributed by atoms with E-state index in [1.165, 1.54) is 31.9 Å². The van der Waals surface area contributed by atoms with Crippen LogP contribution in [0.1, 0.15) is 45.2 Å². The molecule has 2 aliphatic rings. The van der Waals surface area contributed by atoms with Crippen LogP contribution >= 0.6 is 0 Å². The van der Waals surface area contributed by atoms with Gasteiger partial charge in [-0.25, -0.2) is 4.68 Å². The molecule has 0 amide bonds. The second kappa shape index (κ2) is 9.92. The Balaban J connectivity index is 1.27. The van der Waals surface area contributed by atoms with E-state index in [4.69, 9.17) is 4.74 Å². The van der Waals surface area contributed by atoms with Gasteiger partial charge in [0.1, 0.15) is 23.3 Å². The van der Waals surface area contributed by atoms with E-state index in [0.29, 0.717) is 23.2 Å². The molecular formula is C24H32N8O2. The van der Waals surface area contributed by atoms with Crippen LogP contribution in [0.15, 0.2) is 41.6 Å². The molecule has 1 aliphatic carbocycles. The van der Waals surface area contributed by atoms with Crippen molar-refractivity contribution in [1.82, 2.24) is 35.1 Å². The van der Waals surface area contributed by atoms with Gasteiger partial charge in [-0.1, -0.05) is 11.6 Å². The van der Waals surface area contributed by atoms with E-state index >= 15 is 0 Å². The van der Waals surface area contributed by atoms with Crippen molar-refractivity contribution in [3.63, 3.8) is 0 Å². The van der Waals surface area contributed by atoms with Gasteiger partial charge < -0.3 is 15.0 Å². The molecule has 1 saturated carbocycles. The molecule has 2 fully saturated rings. The van der Waals surface area contributed by atoms with Crippen LogP contribution in [0.3, 0.4) is 0 Å². The standard InChI is InChI=1S/C24H32N8O2/c1-17(32-16-23(28-29-32)22-12-21(34-2)14-26-27-22)31-10-8-20(11-24(31)33)30-9-4-7-19(15-30)25-13-18-5-3-6-18/h8,10-12,14,16-19,25H,3-7,9,13,15H2,1-2H3/t17?,19-/m1/s1. The molecule has 10 nitrogen and oxygen atoms in total. The smallest absolute Gasteiger partial charge is 0.254 e. The van der Waals surface area contributed by atoms with Crippen molar-refractivity contribution in [1.29, 1.82) is 0 Å². The number of rotatable bonds is 8. The van der Waals surface area contributed by atoms with Crippen LogP contribution in [0.2, 0.25) is 0 Å². The third-order valence-corrected chi connectivity index (χ3v) is 7.06. The van der Waals surface area contributed by atoms with E-state index in [9.17, 15) is 4.79 Å². The quantitative estimate of drug-likeness (QED) is 0.542. The van der Waals surface area contributed by atoms with Crippen molar-refractivity contribution < 1.29 is 4.74 Å². The summed E-state index contributed by atoms with van der Waals surface area (Å²) < 4.78 is 8.52. The highest BCUT2D eigenvalue weighted by atomic mass is 16.5. The summed E-state index contributed by atoms with van der Waals surface area (Å²) in [6, 6.07) is 6.00. The zero-order valence-corrected chi connectivity index (χ0v) is 19.8. The van der Waals surface area contributed by atoms with Gasteiger partial charge in [0, 0.05) is 43.1 Å². The molecule has 0 radical (unpaired) electrons. The number of piperidine rings is 1. The summed E-state index contributed by atoms with van der Waals surface area (Å²) in [5.74, 6) is 1.45. The highest BCUT2D eigenvalue weighted by Gasteiger charge is 2.23. The van der Waals surface area contributed by atoms with E-state index in [2.05, 4.69) is 30.7 Å². The van der Waals surface area contributed by atoms with E-state index in [1.54, 1.807) is 34.7 Å². The summed E-state index contributed by atoms with van der Waals surface area (Å²) in [5, 5.41) is 20.2. The zero-order valence-electron chi connectivity index (χ0n) is 19.8. The van der Waals surface area contributed by atoms with Gasteiger partial charge in [-0.2, -0.15) is 5.10 Å². The molecule has 180 valence electrons. The fraction of sp³-hybridized carbons (Fsp3) is 0.542. The number of ether oxygens (including phenoxy) is 1. The predicted octanol–water partition coefficient (Wildman–Crippen LogP) is 2.33. The summed E-state index contributed by atoms with van der Waals surface area (Å²) in [6.45, 7) is 4.96.